The molecule has 0 saturated carbocycles. The third kappa shape index (κ3) is 10.8. The Balaban J connectivity index is 5.36. The van der Waals surface area contributed by atoms with Crippen LogP contribution < -0.4 is 10.6 Å². The van der Waals surface area contributed by atoms with Gasteiger partial charge in [-0.05, 0) is 27.2 Å². The van der Waals surface area contributed by atoms with E-state index >= 15 is 0 Å². The molecular formula is C20H36N2O5S. The van der Waals surface area contributed by atoms with Crippen LogP contribution in [0.25, 0.3) is 0 Å². The second-order valence-corrected chi connectivity index (χ2v) is 9.85. The van der Waals surface area contributed by atoms with E-state index in [-0.39, 0.29) is 40.9 Å². The second kappa shape index (κ2) is 11.6. The maximum absolute atomic E-state index is 12.9. The summed E-state index contributed by atoms with van der Waals surface area (Å²) in [5.74, 6) is -0.723. The summed E-state index contributed by atoms with van der Waals surface area (Å²) in [5.41, 5.74) is -1.03. The van der Waals surface area contributed by atoms with Gasteiger partial charge in [0, 0.05) is 29.5 Å². The molecule has 0 aromatic rings. The van der Waals surface area contributed by atoms with E-state index in [0.29, 0.717) is 6.42 Å². The molecule has 2 N–H and O–H groups in total. The van der Waals surface area contributed by atoms with Crippen LogP contribution in [0.1, 0.15) is 67.7 Å². The maximum Gasteiger partial charge on any atom is 0.305 e. The van der Waals surface area contributed by atoms with Crippen LogP contribution in [0.15, 0.2) is 0 Å². The predicted octanol–water partition coefficient (Wildman–Crippen LogP) is 2.47. The van der Waals surface area contributed by atoms with E-state index in [4.69, 9.17) is 0 Å². The van der Waals surface area contributed by atoms with Gasteiger partial charge in [0.1, 0.15) is 0 Å². The van der Waals surface area contributed by atoms with Gasteiger partial charge in [-0.25, -0.2) is 0 Å². The van der Waals surface area contributed by atoms with Crippen LogP contribution >= 0.6 is 11.8 Å². The summed E-state index contributed by atoms with van der Waals surface area (Å²) in [5, 5.41) is 5.95. The SMILES string of the molecule is CCC(=O)SCC(NC(=O)[C@H](CCC(=O)OC)NC(C)(C)C)C(=O)C(C)(C)C. The van der Waals surface area contributed by atoms with Gasteiger partial charge in [0.15, 0.2) is 10.9 Å². The van der Waals surface area contributed by atoms with E-state index in [0.717, 1.165) is 11.8 Å². The zero-order valence-corrected chi connectivity index (χ0v) is 19.2. The molecule has 0 rings (SSSR count). The Morgan fingerprint density at radius 1 is 1.00 bits per heavy atom. The van der Waals surface area contributed by atoms with Crippen molar-refractivity contribution in [3.05, 3.63) is 0 Å². The molecule has 0 aromatic heterocycles. The molecule has 0 aromatic carbocycles. The molecule has 0 aliphatic rings. The third-order valence-electron chi connectivity index (χ3n) is 3.86. The maximum atomic E-state index is 12.9. The molecule has 0 fully saturated rings. The van der Waals surface area contributed by atoms with Crippen molar-refractivity contribution in [2.45, 2.75) is 85.4 Å². The molecule has 0 bridgehead atoms. The fourth-order valence-electron chi connectivity index (χ4n) is 2.41. The summed E-state index contributed by atoms with van der Waals surface area (Å²) >= 11 is 1.05. The Kier molecular flexibility index (Phi) is 11.0. The number of carbonyl (C=O) groups excluding carboxylic acids is 4. The quantitative estimate of drug-likeness (QED) is 0.528. The highest BCUT2D eigenvalue weighted by Crippen LogP contribution is 2.20. The number of rotatable bonds is 10. The Hall–Kier alpha value is -1.41. The van der Waals surface area contributed by atoms with Gasteiger partial charge < -0.3 is 15.4 Å². The Bertz CT molecular complexity index is 564. The first-order valence-corrected chi connectivity index (χ1v) is 10.5. The van der Waals surface area contributed by atoms with Crippen LogP contribution in [0.2, 0.25) is 0 Å². The highest BCUT2D eigenvalue weighted by molar-refractivity contribution is 8.13. The van der Waals surface area contributed by atoms with Crippen molar-refractivity contribution in [3.8, 4) is 0 Å². The number of carbonyl (C=O) groups is 4. The van der Waals surface area contributed by atoms with Crippen LogP contribution in [-0.2, 0) is 23.9 Å². The fraction of sp³-hybridized carbons (Fsp3) is 0.800. The highest BCUT2D eigenvalue weighted by Gasteiger charge is 2.33. The van der Waals surface area contributed by atoms with E-state index in [9.17, 15) is 19.2 Å². The number of Topliss-reactive ketones (excluding diaryl/α,β-unsaturated/α-hetero) is 1. The van der Waals surface area contributed by atoms with Crippen LogP contribution in [0, 0.1) is 5.41 Å². The monoisotopic (exact) mass is 416 g/mol. The minimum absolute atomic E-state index is 0.0315. The zero-order chi connectivity index (χ0) is 22.1. The minimum atomic E-state index is -0.782. The first-order valence-electron chi connectivity index (χ1n) is 9.56. The number of ether oxygens (including phenoxy) is 1. The molecule has 162 valence electrons. The number of nitrogens with one attached hydrogen (secondary N) is 2. The number of methoxy groups -OCH3 is 1. The largest absolute Gasteiger partial charge is 0.469 e. The van der Waals surface area contributed by atoms with Crippen LogP contribution in [0.5, 0.6) is 0 Å². The van der Waals surface area contributed by atoms with Crippen molar-refractivity contribution in [2.75, 3.05) is 12.9 Å². The Labute approximate surface area is 173 Å². The van der Waals surface area contributed by atoms with E-state index in [2.05, 4.69) is 15.4 Å². The van der Waals surface area contributed by atoms with Gasteiger partial charge in [-0.15, -0.1) is 0 Å². The molecular weight excluding hydrogens is 380 g/mol. The average molecular weight is 417 g/mol. The van der Waals surface area contributed by atoms with E-state index in [1.807, 2.05) is 20.8 Å². The zero-order valence-electron chi connectivity index (χ0n) is 18.4. The normalized spacial score (nSPS) is 14.1. The summed E-state index contributed by atoms with van der Waals surface area (Å²) in [7, 11) is 1.30. The van der Waals surface area contributed by atoms with Crippen LogP contribution in [0.4, 0.5) is 0 Å². The van der Waals surface area contributed by atoms with Gasteiger partial charge in [0.2, 0.25) is 5.91 Å². The lowest BCUT2D eigenvalue weighted by molar-refractivity contribution is -0.141. The molecule has 0 aliphatic carbocycles. The highest BCUT2D eigenvalue weighted by atomic mass is 32.2. The molecule has 0 aliphatic heterocycles. The van der Waals surface area contributed by atoms with Crippen molar-refractivity contribution < 1.29 is 23.9 Å². The lowest BCUT2D eigenvalue weighted by atomic mass is 9.87. The van der Waals surface area contributed by atoms with Crippen molar-refractivity contribution in [1.82, 2.24) is 10.6 Å². The van der Waals surface area contributed by atoms with Gasteiger partial charge >= 0.3 is 5.97 Å². The van der Waals surface area contributed by atoms with E-state index < -0.39 is 23.5 Å². The molecule has 1 unspecified atom stereocenters. The van der Waals surface area contributed by atoms with Crippen molar-refractivity contribution >= 4 is 34.5 Å². The summed E-state index contributed by atoms with van der Waals surface area (Å²) in [4.78, 5) is 48.9. The number of esters is 1. The standard InChI is InChI=1S/C20H36N2O5S/c1-9-16(24)28-12-14(17(25)19(2,3)4)21-18(26)13(22-20(5,6)7)10-11-15(23)27-8/h13-14,22H,9-12H2,1-8H3,(H,21,26)/t13-,14?/m0/s1. The predicted molar refractivity (Wildman–Crippen MR) is 112 cm³/mol. The number of hydrogen-bond donors (Lipinski definition) is 2. The third-order valence-corrected chi connectivity index (χ3v) is 4.97. The Morgan fingerprint density at radius 3 is 2.00 bits per heavy atom. The number of amides is 1. The summed E-state index contributed by atoms with van der Waals surface area (Å²) in [6.07, 6.45) is 0.689. The average Bonchev–Trinajstić information content (AvgIpc) is 2.58. The van der Waals surface area contributed by atoms with Gasteiger partial charge in [0.05, 0.1) is 19.2 Å². The van der Waals surface area contributed by atoms with Crippen LogP contribution in [-0.4, -0.2) is 53.3 Å². The van der Waals surface area contributed by atoms with Crippen LogP contribution in [0.3, 0.4) is 0 Å². The first kappa shape index (κ1) is 26.6. The first-order chi connectivity index (χ1) is 12.7. The molecule has 2 atom stereocenters. The van der Waals surface area contributed by atoms with Gasteiger partial charge in [-0.2, -0.15) is 0 Å². The summed E-state index contributed by atoms with van der Waals surface area (Å²) < 4.78 is 4.66. The number of thioether (sulfide) groups is 1. The minimum Gasteiger partial charge on any atom is -0.469 e. The van der Waals surface area contributed by atoms with E-state index in [1.165, 1.54) is 7.11 Å². The Morgan fingerprint density at radius 2 is 1.57 bits per heavy atom. The number of ketones is 1. The van der Waals surface area contributed by atoms with E-state index in [1.54, 1.807) is 27.7 Å². The lowest BCUT2D eigenvalue weighted by Gasteiger charge is -2.30. The smallest absolute Gasteiger partial charge is 0.305 e. The fourth-order valence-corrected chi connectivity index (χ4v) is 3.20. The molecule has 0 heterocycles. The second-order valence-electron chi connectivity index (χ2n) is 8.77. The molecule has 28 heavy (non-hydrogen) atoms. The van der Waals surface area contributed by atoms with Crippen molar-refractivity contribution in [3.63, 3.8) is 0 Å². The van der Waals surface area contributed by atoms with Crippen molar-refractivity contribution in [2.24, 2.45) is 5.41 Å². The molecule has 8 heteroatoms. The summed E-state index contributed by atoms with van der Waals surface area (Å²) in [6, 6.07) is -1.45. The summed E-state index contributed by atoms with van der Waals surface area (Å²) in [6.45, 7) is 12.8. The molecule has 0 spiro atoms. The molecule has 0 saturated heterocycles. The van der Waals surface area contributed by atoms with Gasteiger partial charge in [0.25, 0.3) is 0 Å². The van der Waals surface area contributed by atoms with Gasteiger partial charge in [-0.1, -0.05) is 39.5 Å². The van der Waals surface area contributed by atoms with Crippen molar-refractivity contribution in [1.29, 1.82) is 0 Å². The molecule has 1 amide bonds. The molecule has 0 radical (unpaired) electrons. The topological polar surface area (TPSA) is 102 Å². The van der Waals surface area contributed by atoms with Gasteiger partial charge in [-0.3, -0.25) is 19.2 Å². The number of hydrogen-bond acceptors (Lipinski definition) is 7. The lowest BCUT2D eigenvalue weighted by Crippen LogP contribution is -2.56. The molecule has 7 nitrogen and oxygen atoms in total.